The lowest BCUT2D eigenvalue weighted by Gasteiger charge is -1.95. The van der Waals surface area contributed by atoms with E-state index in [1.165, 1.54) is 0 Å². The third-order valence-corrected chi connectivity index (χ3v) is 3.25. The first-order valence-electron chi connectivity index (χ1n) is 4.29. The van der Waals surface area contributed by atoms with Crippen molar-refractivity contribution in [3.05, 3.63) is 21.6 Å². The molecular weight excluding hydrogens is 312 g/mol. The summed E-state index contributed by atoms with van der Waals surface area (Å²) in [5.74, 6) is -0.789. The molecule has 78 valence electrons. The molecular formula is C10H12Br2O2. The molecule has 0 aromatic rings. The van der Waals surface area contributed by atoms with Gasteiger partial charge in [-0.05, 0) is 49.3 Å². The number of carboxylic acids is 1. The molecule has 2 atom stereocenters. The van der Waals surface area contributed by atoms with Crippen LogP contribution in [0.4, 0.5) is 0 Å². The van der Waals surface area contributed by atoms with Crippen LogP contribution < -0.4 is 0 Å². The highest BCUT2D eigenvalue weighted by Gasteiger charge is 2.60. The molecule has 0 aromatic carbocycles. The van der Waals surface area contributed by atoms with Gasteiger partial charge in [0, 0.05) is 0 Å². The van der Waals surface area contributed by atoms with Gasteiger partial charge in [0.15, 0.2) is 0 Å². The SMILES string of the molecule is CC1(C)[C@H](C=CC=C(Br)Br)[C@H]1C(=O)O. The number of rotatable bonds is 3. The molecule has 0 radical (unpaired) electrons. The summed E-state index contributed by atoms with van der Waals surface area (Å²) >= 11 is 6.46. The largest absolute Gasteiger partial charge is 0.481 e. The Kier molecular flexibility index (Phi) is 3.58. The molecule has 0 aliphatic heterocycles. The van der Waals surface area contributed by atoms with Gasteiger partial charge < -0.3 is 5.11 Å². The first kappa shape index (κ1) is 12.0. The van der Waals surface area contributed by atoms with Crippen molar-refractivity contribution in [3.8, 4) is 0 Å². The van der Waals surface area contributed by atoms with E-state index in [1.54, 1.807) is 0 Å². The van der Waals surface area contributed by atoms with Crippen LogP contribution in [0.25, 0.3) is 0 Å². The minimum Gasteiger partial charge on any atom is -0.481 e. The van der Waals surface area contributed by atoms with E-state index >= 15 is 0 Å². The number of hydrogen-bond acceptors (Lipinski definition) is 1. The van der Waals surface area contributed by atoms with Gasteiger partial charge in [0.25, 0.3) is 0 Å². The van der Waals surface area contributed by atoms with Crippen molar-refractivity contribution in [2.75, 3.05) is 0 Å². The van der Waals surface area contributed by atoms with E-state index < -0.39 is 5.97 Å². The summed E-state index contributed by atoms with van der Waals surface area (Å²) in [7, 11) is 0. The molecule has 2 nitrogen and oxygen atoms in total. The van der Waals surface area contributed by atoms with Crippen LogP contribution in [-0.4, -0.2) is 11.1 Å². The van der Waals surface area contributed by atoms with E-state index in [2.05, 4.69) is 31.9 Å². The Morgan fingerprint density at radius 3 is 2.36 bits per heavy atom. The van der Waals surface area contributed by atoms with Crippen LogP contribution in [0, 0.1) is 17.3 Å². The second kappa shape index (κ2) is 4.19. The van der Waals surface area contributed by atoms with Crippen LogP contribution in [0.5, 0.6) is 0 Å². The average Bonchev–Trinajstić information content (AvgIpc) is 2.52. The van der Waals surface area contributed by atoms with Crippen molar-refractivity contribution in [2.24, 2.45) is 17.3 Å². The Bertz CT molecular complexity index is 301. The minimum atomic E-state index is -0.702. The van der Waals surface area contributed by atoms with E-state index in [1.807, 2.05) is 32.1 Å². The van der Waals surface area contributed by atoms with Crippen molar-refractivity contribution in [1.29, 1.82) is 0 Å². The lowest BCUT2D eigenvalue weighted by atomic mass is 10.1. The fourth-order valence-electron chi connectivity index (χ4n) is 1.76. The predicted octanol–water partition coefficient (Wildman–Crippen LogP) is 3.53. The second-order valence-electron chi connectivity index (χ2n) is 4.00. The number of halogens is 2. The topological polar surface area (TPSA) is 37.3 Å². The molecule has 0 unspecified atom stereocenters. The van der Waals surface area contributed by atoms with Crippen molar-refractivity contribution >= 4 is 37.8 Å². The zero-order chi connectivity index (χ0) is 10.9. The van der Waals surface area contributed by atoms with Gasteiger partial charge in [-0.2, -0.15) is 0 Å². The maximum Gasteiger partial charge on any atom is 0.307 e. The Balaban J connectivity index is 2.62. The molecule has 14 heavy (non-hydrogen) atoms. The van der Waals surface area contributed by atoms with Gasteiger partial charge in [0.2, 0.25) is 0 Å². The molecule has 1 fully saturated rings. The van der Waals surface area contributed by atoms with E-state index in [4.69, 9.17) is 5.11 Å². The normalized spacial score (nSPS) is 28.9. The molecule has 0 spiro atoms. The fraction of sp³-hybridized carbons (Fsp3) is 0.500. The summed E-state index contributed by atoms with van der Waals surface area (Å²) in [6, 6.07) is 0. The molecule has 0 aromatic heterocycles. The third kappa shape index (κ3) is 2.48. The number of allylic oxidation sites excluding steroid dienone is 3. The second-order valence-corrected chi connectivity index (χ2v) is 6.78. The lowest BCUT2D eigenvalue weighted by Crippen LogP contribution is -2.02. The Labute approximate surface area is 100 Å². The molecule has 0 bridgehead atoms. The maximum atomic E-state index is 10.8. The monoisotopic (exact) mass is 322 g/mol. The molecule has 0 amide bonds. The van der Waals surface area contributed by atoms with Crippen molar-refractivity contribution in [2.45, 2.75) is 13.8 Å². The number of carbonyl (C=O) groups is 1. The molecule has 1 aliphatic carbocycles. The molecule has 1 rings (SSSR count). The van der Waals surface area contributed by atoms with E-state index in [9.17, 15) is 4.79 Å². The van der Waals surface area contributed by atoms with Crippen LogP contribution in [0.3, 0.4) is 0 Å². The first-order valence-corrected chi connectivity index (χ1v) is 5.88. The van der Waals surface area contributed by atoms with Crippen molar-refractivity contribution in [1.82, 2.24) is 0 Å². The Morgan fingerprint density at radius 2 is 2.00 bits per heavy atom. The first-order chi connectivity index (χ1) is 6.37. The standard InChI is InChI=1S/C10H12Br2O2/c1-10(2)6(8(10)9(13)14)4-3-5-7(11)12/h3-6,8H,1-2H3,(H,13,14)/t6-,8+/m1/s1. The van der Waals surface area contributed by atoms with Crippen LogP contribution in [0.1, 0.15) is 13.8 Å². The Morgan fingerprint density at radius 1 is 1.43 bits per heavy atom. The number of aliphatic carboxylic acids is 1. The maximum absolute atomic E-state index is 10.8. The van der Waals surface area contributed by atoms with Crippen LogP contribution in [-0.2, 0) is 4.79 Å². The molecule has 1 saturated carbocycles. The zero-order valence-corrected chi connectivity index (χ0v) is 11.2. The van der Waals surface area contributed by atoms with E-state index in [0.717, 1.165) is 3.39 Å². The van der Waals surface area contributed by atoms with Gasteiger partial charge in [-0.1, -0.05) is 26.0 Å². The average molecular weight is 324 g/mol. The van der Waals surface area contributed by atoms with Crippen molar-refractivity contribution < 1.29 is 9.90 Å². The summed E-state index contributed by atoms with van der Waals surface area (Å²) in [6.07, 6.45) is 5.66. The molecule has 1 N–H and O–H groups in total. The van der Waals surface area contributed by atoms with Crippen molar-refractivity contribution in [3.63, 3.8) is 0 Å². The summed E-state index contributed by atoms with van der Waals surface area (Å²) in [5.41, 5.74) is -0.102. The lowest BCUT2D eigenvalue weighted by molar-refractivity contribution is -0.139. The van der Waals surface area contributed by atoms with Gasteiger partial charge in [0.05, 0.1) is 9.31 Å². The summed E-state index contributed by atoms with van der Waals surface area (Å²) in [5, 5.41) is 8.90. The Hall–Kier alpha value is -0.0900. The number of carboxylic acid groups (broad SMARTS) is 1. The van der Waals surface area contributed by atoms with Gasteiger partial charge in [-0.3, -0.25) is 4.79 Å². The van der Waals surface area contributed by atoms with Crippen LogP contribution >= 0.6 is 31.9 Å². The predicted molar refractivity (Wildman–Crippen MR) is 63.5 cm³/mol. The fourth-order valence-corrected chi connectivity index (χ4v) is 2.06. The quantitative estimate of drug-likeness (QED) is 0.807. The molecule has 0 heterocycles. The summed E-state index contributed by atoms with van der Waals surface area (Å²) < 4.78 is 0.853. The van der Waals surface area contributed by atoms with Crippen LogP contribution in [0.15, 0.2) is 21.6 Å². The van der Waals surface area contributed by atoms with Crippen LogP contribution in [0.2, 0.25) is 0 Å². The molecule has 0 saturated heterocycles. The highest BCUT2D eigenvalue weighted by Crippen LogP contribution is 2.59. The van der Waals surface area contributed by atoms with Gasteiger partial charge in [0.1, 0.15) is 0 Å². The highest BCUT2D eigenvalue weighted by atomic mass is 79.9. The minimum absolute atomic E-state index is 0.102. The third-order valence-electron chi connectivity index (χ3n) is 2.72. The smallest absolute Gasteiger partial charge is 0.307 e. The van der Waals surface area contributed by atoms with Gasteiger partial charge in [-0.25, -0.2) is 0 Å². The summed E-state index contributed by atoms with van der Waals surface area (Å²) in [4.78, 5) is 10.8. The van der Waals surface area contributed by atoms with E-state index in [-0.39, 0.29) is 17.3 Å². The molecule has 1 aliphatic rings. The van der Waals surface area contributed by atoms with E-state index in [0.29, 0.717) is 0 Å². The molecule has 4 heteroatoms. The zero-order valence-electron chi connectivity index (χ0n) is 8.00. The van der Waals surface area contributed by atoms with Gasteiger partial charge in [-0.15, -0.1) is 0 Å². The number of hydrogen-bond donors (Lipinski definition) is 1. The van der Waals surface area contributed by atoms with Gasteiger partial charge >= 0.3 is 5.97 Å². The highest BCUT2D eigenvalue weighted by molar-refractivity contribution is 9.28. The summed E-state index contributed by atoms with van der Waals surface area (Å²) in [6.45, 7) is 3.96.